The molecule has 0 aliphatic carbocycles. The Bertz CT molecular complexity index is 148. The van der Waals surface area contributed by atoms with E-state index < -0.39 is 0 Å². The summed E-state index contributed by atoms with van der Waals surface area (Å²) in [6.45, 7) is 10.2. The van der Waals surface area contributed by atoms with Crippen LogP contribution in [0, 0.1) is 0 Å². The number of hydrogen-bond acceptors (Lipinski definition) is 2. The monoisotopic (exact) mass is 184 g/mol. The molecule has 1 N–H and O–H groups in total. The summed E-state index contributed by atoms with van der Waals surface area (Å²) in [6.07, 6.45) is 4.79. The molecule has 0 aromatic rings. The van der Waals surface area contributed by atoms with E-state index in [9.17, 15) is 0 Å². The molecule has 0 bridgehead atoms. The van der Waals surface area contributed by atoms with Crippen molar-refractivity contribution in [1.82, 2.24) is 5.32 Å². The van der Waals surface area contributed by atoms with Crippen LogP contribution in [0.1, 0.15) is 41.0 Å². The summed E-state index contributed by atoms with van der Waals surface area (Å²) in [4.78, 5) is 4.31. The van der Waals surface area contributed by atoms with Crippen molar-refractivity contribution in [2.24, 2.45) is 4.99 Å². The molecule has 2 nitrogen and oxygen atoms in total. The molecule has 0 aromatic carbocycles. The summed E-state index contributed by atoms with van der Waals surface area (Å²) in [6, 6.07) is 0.385. The second-order valence-electron chi connectivity index (χ2n) is 2.47. The zero-order valence-corrected chi connectivity index (χ0v) is 9.89. The first-order chi connectivity index (χ1) is 6.26. The zero-order valence-electron chi connectivity index (χ0n) is 9.89. The van der Waals surface area contributed by atoms with Crippen molar-refractivity contribution in [3.63, 3.8) is 0 Å². The Kier molecular flexibility index (Phi) is 13.0. The van der Waals surface area contributed by atoms with E-state index in [4.69, 9.17) is 0 Å². The molecule has 0 aliphatic heterocycles. The van der Waals surface area contributed by atoms with E-state index in [-0.39, 0.29) is 0 Å². The second kappa shape index (κ2) is 11.4. The van der Waals surface area contributed by atoms with Gasteiger partial charge < -0.3 is 5.32 Å². The van der Waals surface area contributed by atoms with Crippen LogP contribution in [0.4, 0.5) is 0 Å². The van der Waals surface area contributed by atoms with Crippen LogP contribution >= 0.6 is 0 Å². The predicted molar refractivity (Wildman–Crippen MR) is 62.4 cm³/mol. The lowest BCUT2D eigenvalue weighted by Crippen LogP contribution is -2.30. The first-order valence-electron chi connectivity index (χ1n) is 5.11. The fourth-order valence-electron chi connectivity index (χ4n) is 0.846. The topological polar surface area (TPSA) is 24.4 Å². The Morgan fingerprint density at radius 2 is 2.00 bits per heavy atom. The van der Waals surface area contributed by atoms with Crippen molar-refractivity contribution in [1.29, 1.82) is 0 Å². The first kappa shape index (κ1) is 14.9. The van der Waals surface area contributed by atoms with Crippen molar-refractivity contribution in [3.8, 4) is 0 Å². The molecule has 13 heavy (non-hydrogen) atoms. The zero-order chi connectivity index (χ0) is 10.7. The van der Waals surface area contributed by atoms with E-state index in [2.05, 4.69) is 24.2 Å². The van der Waals surface area contributed by atoms with E-state index in [0.717, 1.165) is 6.42 Å². The highest BCUT2D eigenvalue weighted by molar-refractivity contribution is 5.89. The molecule has 78 valence electrons. The van der Waals surface area contributed by atoms with Crippen LogP contribution in [0.2, 0.25) is 0 Å². The average Bonchev–Trinajstić information content (AvgIpc) is 2.21. The van der Waals surface area contributed by atoms with Gasteiger partial charge in [-0.15, -0.1) is 0 Å². The number of hydrogen-bond donors (Lipinski definition) is 1. The highest BCUT2D eigenvalue weighted by Crippen LogP contribution is 1.94. The first-order valence-corrected chi connectivity index (χ1v) is 5.11. The van der Waals surface area contributed by atoms with Gasteiger partial charge in [-0.3, -0.25) is 4.99 Å². The highest BCUT2D eigenvalue weighted by Gasteiger charge is 2.03. The summed E-state index contributed by atoms with van der Waals surface area (Å²) in [7, 11) is 1.95. The molecule has 1 atom stereocenters. The van der Waals surface area contributed by atoms with Crippen LogP contribution in [0.25, 0.3) is 0 Å². The van der Waals surface area contributed by atoms with Crippen molar-refractivity contribution in [2.45, 2.75) is 47.1 Å². The molecule has 0 radical (unpaired) electrons. The Morgan fingerprint density at radius 3 is 2.31 bits per heavy atom. The predicted octanol–water partition coefficient (Wildman–Crippen LogP) is 3.01. The van der Waals surface area contributed by atoms with E-state index in [0.29, 0.717) is 6.04 Å². The Hall–Kier alpha value is -0.630. The van der Waals surface area contributed by atoms with Gasteiger partial charge in [-0.25, -0.2) is 0 Å². The standard InChI is InChI=1S/C9H18N2.C2H6/c1-5-7-11-9(6-2)8(3)10-4;1-2/h5,7-8,10H,6H2,1-4H3;1-2H3/b7-5-,11-9?;. The van der Waals surface area contributed by atoms with Gasteiger partial charge in [0.25, 0.3) is 0 Å². The Morgan fingerprint density at radius 1 is 1.46 bits per heavy atom. The smallest absolute Gasteiger partial charge is 0.0424 e. The van der Waals surface area contributed by atoms with E-state index in [1.165, 1.54) is 5.71 Å². The molecule has 0 saturated heterocycles. The SMILES string of the molecule is C/C=C\N=C(CC)C(C)NC.CC. The molecule has 1 unspecified atom stereocenters. The molecule has 0 saturated carbocycles. The van der Waals surface area contributed by atoms with Crippen molar-refractivity contribution >= 4 is 5.71 Å². The summed E-state index contributed by atoms with van der Waals surface area (Å²) >= 11 is 0. The third-order valence-electron chi connectivity index (χ3n) is 1.68. The van der Waals surface area contributed by atoms with Gasteiger partial charge in [-0.2, -0.15) is 0 Å². The van der Waals surface area contributed by atoms with Crippen molar-refractivity contribution in [2.75, 3.05) is 7.05 Å². The maximum Gasteiger partial charge on any atom is 0.0424 e. The van der Waals surface area contributed by atoms with Crippen LogP contribution < -0.4 is 5.32 Å². The maximum atomic E-state index is 4.31. The Labute approximate surface area is 83.2 Å². The van der Waals surface area contributed by atoms with Gasteiger partial charge in [-0.1, -0.05) is 26.8 Å². The normalized spacial score (nSPS) is 13.8. The van der Waals surface area contributed by atoms with Crippen LogP contribution in [-0.2, 0) is 0 Å². The summed E-state index contributed by atoms with van der Waals surface area (Å²) in [5, 5.41) is 3.16. The number of nitrogens with one attached hydrogen (secondary N) is 1. The second-order valence-corrected chi connectivity index (χ2v) is 2.47. The largest absolute Gasteiger partial charge is 0.312 e. The van der Waals surface area contributed by atoms with Gasteiger partial charge in [-0.05, 0) is 27.3 Å². The highest BCUT2D eigenvalue weighted by atomic mass is 14.9. The molecule has 0 heterocycles. The molecule has 0 amide bonds. The maximum absolute atomic E-state index is 4.31. The number of allylic oxidation sites excluding steroid dienone is 1. The molecule has 0 rings (SSSR count). The van der Waals surface area contributed by atoms with Gasteiger partial charge in [0.2, 0.25) is 0 Å². The van der Waals surface area contributed by atoms with Crippen molar-refractivity contribution in [3.05, 3.63) is 12.3 Å². The lowest BCUT2D eigenvalue weighted by Gasteiger charge is -2.10. The minimum absolute atomic E-state index is 0.385. The van der Waals surface area contributed by atoms with Gasteiger partial charge in [0, 0.05) is 18.0 Å². The van der Waals surface area contributed by atoms with Crippen LogP contribution in [0.3, 0.4) is 0 Å². The van der Waals surface area contributed by atoms with Gasteiger partial charge in [0.1, 0.15) is 0 Å². The third-order valence-corrected chi connectivity index (χ3v) is 1.68. The molecule has 0 spiro atoms. The van der Waals surface area contributed by atoms with Gasteiger partial charge in [0.15, 0.2) is 0 Å². The minimum Gasteiger partial charge on any atom is -0.312 e. The molecule has 2 heteroatoms. The fourth-order valence-corrected chi connectivity index (χ4v) is 0.846. The van der Waals surface area contributed by atoms with Crippen LogP contribution in [-0.4, -0.2) is 18.8 Å². The molecule has 0 aliphatic rings. The number of aliphatic imine (C=N–C) groups is 1. The van der Waals surface area contributed by atoms with Crippen LogP contribution in [0.15, 0.2) is 17.3 Å². The van der Waals surface area contributed by atoms with Gasteiger partial charge in [0.05, 0.1) is 0 Å². The summed E-state index contributed by atoms with van der Waals surface area (Å²) in [5.41, 5.74) is 1.20. The van der Waals surface area contributed by atoms with Gasteiger partial charge >= 0.3 is 0 Å². The minimum atomic E-state index is 0.385. The molecule has 0 fully saturated rings. The lowest BCUT2D eigenvalue weighted by atomic mass is 10.1. The average molecular weight is 184 g/mol. The van der Waals surface area contributed by atoms with E-state index in [1.807, 2.05) is 40.1 Å². The molecule has 0 aromatic heterocycles. The lowest BCUT2D eigenvalue weighted by molar-refractivity contribution is 0.750. The summed E-state index contributed by atoms with van der Waals surface area (Å²) < 4.78 is 0. The molecular weight excluding hydrogens is 160 g/mol. The van der Waals surface area contributed by atoms with E-state index in [1.54, 1.807) is 0 Å². The molecular formula is C11H24N2. The van der Waals surface area contributed by atoms with Crippen LogP contribution in [0.5, 0.6) is 0 Å². The number of nitrogens with zero attached hydrogens (tertiary/aromatic N) is 1. The summed E-state index contributed by atoms with van der Waals surface area (Å²) in [5.74, 6) is 0. The Balaban J connectivity index is 0. The quantitative estimate of drug-likeness (QED) is 0.667. The van der Waals surface area contributed by atoms with E-state index >= 15 is 0 Å². The number of rotatable bonds is 4. The van der Waals surface area contributed by atoms with Crippen molar-refractivity contribution < 1.29 is 0 Å². The fraction of sp³-hybridized carbons (Fsp3) is 0.727. The third kappa shape index (κ3) is 7.72.